The zero-order valence-electron chi connectivity index (χ0n) is 20.4. The first-order chi connectivity index (χ1) is 16.1. The van der Waals surface area contributed by atoms with E-state index in [-0.39, 0.29) is 29.8 Å². The molecular formula is C26H42N4O3. The summed E-state index contributed by atoms with van der Waals surface area (Å²) >= 11 is 0. The topological polar surface area (TPSA) is 73.9 Å². The summed E-state index contributed by atoms with van der Waals surface area (Å²) in [4.78, 5) is 29.9. The minimum atomic E-state index is -0.150. The molecule has 0 aliphatic carbocycles. The van der Waals surface area contributed by atoms with Gasteiger partial charge in [-0.15, -0.1) is 0 Å². The van der Waals surface area contributed by atoms with E-state index in [0.717, 1.165) is 64.8 Å². The van der Waals surface area contributed by atoms with Crippen LogP contribution in [-0.4, -0.2) is 79.6 Å². The molecule has 3 rings (SSSR count). The fraction of sp³-hybridized carbons (Fsp3) is 0.692. The van der Waals surface area contributed by atoms with Gasteiger partial charge in [0.05, 0.1) is 6.04 Å². The van der Waals surface area contributed by atoms with E-state index in [1.165, 1.54) is 5.56 Å². The highest BCUT2D eigenvalue weighted by Gasteiger charge is 2.31. The zero-order chi connectivity index (χ0) is 23.5. The molecule has 0 aromatic heterocycles. The third-order valence-corrected chi connectivity index (χ3v) is 6.98. The molecule has 2 N–H and O–H groups in total. The summed E-state index contributed by atoms with van der Waals surface area (Å²) in [7, 11) is 0. The Morgan fingerprint density at radius 2 is 1.76 bits per heavy atom. The standard InChI is InChI=1S/C26H42N4O3/c1-3-33-19-7-14-27-26(32)23-10-17-30(18-11-23)21(2)25(31)28-24-12-15-29(16-13-24)20-22-8-5-4-6-9-22/h4-6,8-9,21,23-24H,3,7,10-20H2,1-2H3,(H,27,32)(H,28,31). The van der Waals surface area contributed by atoms with E-state index in [9.17, 15) is 9.59 Å². The van der Waals surface area contributed by atoms with Gasteiger partial charge in [-0.1, -0.05) is 30.3 Å². The number of nitrogens with one attached hydrogen (secondary N) is 2. The number of piperidine rings is 2. The Morgan fingerprint density at radius 3 is 2.42 bits per heavy atom. The maximum atomic E-state index is 12.9. The molecule has 2 aliphatic rings. The van der Waals surface area contributed by atoms with Gasteiger partial charge in [0.15, 0.2) is 0 Å². The van der Waals surface area contributed by atoms with Gasteiger partial charge in [0.25, 0.3) is 0 Å². The normalized spacial score (nSPS) is 19.8. The quantitative estimate of drug-likeness (QED) is 0.498. The number of likely N-dealkylation sites (tertiary alicyclic amines) is 2. The number of hydrogen-bond donors (Lipinski definition) is 2. The molecular weight excluding hydrogens is 416 g/mol. The molecule has 33 heavy (non-hydrogen) atoms. The summed E-state index contributed by atoms with van der Waals surface area (Å²) in [6.45, 7) is 10.6. The number of hydrogen-bond acceptors (Lipinski definition) is 5. The fourth-order valence-corrected chi connectivity index (χ4v) is 4.79. The molecule has 1 aromatic carbocycles. The molecule has 0 spiro atoms. The van der Waals surface area contributed by atoms with E-state index in [1.54, 1.807) is 0 Å². The Morgan fingerprint density at radius 1 is 1.06 bits per heavy atom. The van der Waals surface area contributed by atoms with E-state index in [4.69, 9.17) is 4.74 Å². The van der Waals surface area contributed by atoms with Crippen LogP contribution < -0.4 is 10.6 Å². The Kier molecular flexibility index (Phi) is 10.6. The van der Waals surface area contributed by atoms with Crippen LogP contribution >= 0.6 is 0 Å². The van der Waals surface area contributed by atoms with Crippen LogP contribution in [0.15, 0.2) is 30.3 Å². The SMILES string of the molecule is CCOCCCNC(=O)C1CCN(C(C)C(=O)NC2CCN(Cc3ccccc3)CC2)CC1. The summed E-state index contributed by atoms with van der Waals surface area (Å²) in [5, 5.41) is 6.31. The van der Waals surface area contributed by atoms with Crippen molar-refractivity contribution >= 4 is 11.8 Å². The van der Waals surface area contributed by atoms with Crippen LogP contribution in [0.2, 0.25) is 0 Å². The van der Waals surface area contributed by atoms with Crippen molar-refractivity contribution in [2.45, 2.75) is 64.6 Å². The molecule has 2 fully saturated rings. The maximum Gasteiger partial charge on any atom is 0.237 e. The molecule has 2 saturated heterocycles. The minimum Gasteiger partial charge on any atom is -0.382 e. The Hall–Kier alpha value is -1.96. The smallest absolute Gasteiger partial charge is 0.237 e. The van der Waals surface area contributed by atoms with Crippen molar-refractivity contribution in [2.24, 2.45) is 5.92 Å². The van der Waals surface area contributed by atoms with E-state index >= 15 is 0 Å². The average molecular weight is 459 g/mol. The zero-order valence-corrected chi connectivity index (χ0v) is 20.4. The predicted octanol–water partition coefficient (Wildman–Crippen LogP) is 2.41. The molecule has 7 heteroatoms. The van der Waals surface area contributed by atoms with Gasteiger partial charge >= 0.3 is 0 Å². The number of ether oxygens (including phenoxy) is 1. The van der Waals surface area contributed by atoms with Crippen molar-refractivity contribution in [3.8, 4) is 0 Å². The van der Waals surface area contributed by atoms with Gasteiger partial charge < -0.3 is 15.4 Å². The molecule has 2 heterocycles. The Labute approximate surface area is 199 Å². The minimum absolute atomic E-state index is 0.0533. The van der Waals surface area contributed by atoms with Gasteiger partial charge in [-0.3, -0.25) is 19.4 Å². The average Bonchev–Trinajstić information content (AvgIpc) is 2.85. The lowest BCUT2D eigenvalue weighted by atomic mass is 9.94. The van der Waals surface area contributed by atoms with Crippen LogP contribution in [0.5, 0.6) is 0 Å². The number of rotatable bonds is 11. The Balaban J connectivity index is 1.32. The molecule has 7 nitrogen and oxygen atoms in total. The summed E-state index contributed by atoms with van der Waals surface area (Å²) in [6.07, 6.45) is 4.47. The second-order valence-electron chi connectivity index (χ2n) is 9.37. The van der Waals surface area contributed by atoms with Crippen molar-refractivity contribution in [1.82, 2.24) is 20.4 Å². The van der Waals surface area contributed by atoms with Gasteiger partial charge in [0, 0.05) is 51.4 Å². The molecule has 2 aliphatic heterocycles. The van der Waals surface area contributed by atoms with E-state index < -0.39 is 0 Å². The summed E-state index contributed by atoms with van der Waals surface area (Å²) < 4.78 is 5.31. The summed E-state index contributed by atoms with van der Waals surface area (Å²) in [5.41, 5.74) is 1.34. The number of amides is 2. The van der Waals surface area contributed by atoms with Crippen LogP contribution in [0, 0.1) is 5.92 Å². The first-order valence-corrected chi connectivity index (χ1v) is 12.7. The summed E-state index contributed by atoms with van der Waals surface area (Å²) in [6, 6.07) is 10.7. The predicted molar refractivity (Wildman–Crippen MR) is 131 cm³/mol. The number of nitrogens with zero attached hydrogens (tertiary/aromatic N) is 2. The molecule has 1 atom stereocenters. The number of benzene rings is 1. The lowest BCUT2D eigenvalue weighted by molar-refractivity contribution is -0.129. The lowest BCUT2D eigenvalue weighted by Crippen LogP contribution is -2.53. The summed E-state index contributed by atoms with van der Waals surface area (Å²) in [5.74, 6) is 0.318. The van der Waals surface area contributed by atoms with E-state index in [1.807, 2.05) is 13.8 Å². The molecule has 2 amide bonds. The van der Waals surface area contributed by atoms with Crippen molar-refractivity contribution in [1.29, 1.82) is 0 Å². The van der Waals surface area contributed by atoms with E-state index in [2.05, 4.69) is 50.8 Å². The van der Waals surface area contributed by atoms with E-state index in [0.29, 0.717) is 19.8 Å². The second kappa shape index (κ2) is 13.7. The van der Waals surface area contributed by atoms with Crippen LogP contribution in [0.3, 0.4) is 0 Å². The van der Waals surface area contributed by atoms with Gasteiger partial charge in [-0.25, -0.2) is 0 Å². The van der Waals surface area contributed by atoms with Crippen LogP contribution in [0.1, 0.15) is 51.5 Å². The number of carbonyl (C=O) groups excluding carboxylic acids is 2. The fourth-order valence-electron chi connectivity index (χ4n) is 4.79. The molecule has 184 valence electrons. The highest BCUT2D eigenvalue weighted by atomic mass is 16.5. The highest BCUT2D eigenvalue weighted by Crippen LogP contribution is 2.20. The van der Waals surface area contributed by atoms with Gasteiger partial charge in [0.1, 0.15) is 0 Å². The molecule has 0 radical (unpaired) electrons. The number of carbonyl (C=O) groups is 2. The van der Waals surface area contributed by atoms with Crippen LogP contribution in [0.25, 0.3) is 0 Å². The van der Waals surface area contributed by atoms with Crippen LogP contribution in [-0.2, 0) is 20.9 Å². The van der Waals surface area contributed by atoms with Crippen molar-refractivity contribution in [3.05, 3.63) is 35.9 Å². The van der Waals surface area contributed by atoms with Gasteiger partial charge in [-0.05, 0) is 64.6 Å². The van der Waals surface area contributed by atoms with Crippen molar-refractivity contribution in [3.63, 3.8) is 0 Å². The third kappa shape index (κ3) is 8.40. The molecule has 0 saturated carbocycles. The first kappa shape index (κ1) is 25.7. The maximum absolute atomic E-state index is 12.9. The first-order valence-electron chi connectivity index (χ1n) is 12.7. The van der Waals surface area contributed by atoms with Crippen LogP contribution in [0.4, 0.5) is 0 Å². The highest BCUT2D eigenvalue weighted by molar-refractivity contribution is 5.82. The largest absolute Gasteiger partial charge is 0.382 e. The molecule has 1 aromatic rings. The van der Waals surface area contributed by atoms with Gasteiger partial charge in [0.2, 0.25) is 11.8 Å². The van der Waals surface area contributed by atoms with Crippen molar-refractivity contribution < 1.29 is 14.3 Å². The van der Waals surface area contributed by atoms with Crippen molar-refractivity contribution in [2.75, 3.05) is 45.9 Å². The Bertz CT molecular complexity index is 714. The lowest BCUT2D eigenvalue weighted by Gasteiger charge is -2.37. The third-order valence-electron chi connectivity index (χ3n) is 6.98. The van der Waals surface area contributed by atoms with Gasteiger partial charge in [-0.2, -0.15) is 0 Å². The monoisotopic (exact) mass is 458 g/mol. The molecule has 0 bridgehead atoms. The second-order valence-corrected chi connectivity index (χ2v) is 9.37. The molecule has 1 unspecified atom stereocenters.